The van der Waals surface area contributed by atoms with Crippen molar-refractivity contribution in [3.05, 3.63) is 18.1 Å². The van der Waals surface area contributed by atoms with Crippen molar-refractivity contribution in [3.8, 4) is 0 Å². The highest BCUT2D eigenvalue weighted by atomic mass is 35.5. The molecule has 0 amide bonds. The Balaban J connectivity index is 2.97. The van der Waals surface area contributed by atoms with Crippen LogP contribution < -0.4 is 0 Å². The van der Waals surface area contributed by atoms with Crippen LogP contribution in [-0.4, -0.2) is 21.3 Å². The van der Waals surface area contributed by atoms with E-state index in [1.54, 1.807) is 0 Å². The molecule has 3 nitrogen and oxygen atoms in total. The predicted octanol–water partition coefficient (Wildman–Crippen LogP) is 3.33. The minimum atomic E-state index is -4.88. The first-order valence-electron chi connectivity index (χ1n) is 3.81. The molecule has 0 aromatic carbocycles. The van der Waals surface area contributed by atoms with E-state index in [-0.39, 0.29) is 6.20 Å². The van der Waals surface area contributed by atoms with Gasteiger partial charge in [-0.25, -0.2) is 15.0 Å². The van der Waals surface area contributed by atoms with Crippen LogP contribution in [0, 0.1) is 0 Å². The van der Waals surface area contributed by atoms with E-state index in [0.717, 1.165) is 0 Å². The number of nitrogens with zero attached hydrogens (tertiary/aromatic N) is 3. The summed E-state index contributed by atoms with van der Waals surface area (Å²) in [4.78, 5) is 8.68. The van der Waals surface area contributed by atoms with E-state index in [1.165, 1.54) is 0 Å². The number of alkyl halides is 6. The minimum Gasteiger partial charge on any atom is -0.246 e. The highest BCUT2D eigenvalue weighted by Gasteiger charge is 2.35. The van der Waals surface area contributed by atoms with Gasteiger partial charge in [0.25, 0.3) is 0 Å². The lowest BCUT2D eigenvalue weighted by Gasteiger charge is -2.05. The van der Waals surface area contributed by atoms with Crippen LogP contribution in [0.25, 0.3) is 0 Å². The molecule has 0 saturated heterocycles. The van der Waals surface area contributed by atoms with Crippen molar-refractivity contribution in [1.29, 1.82) is 0 Å². The molecule has 0 radical (unpaired) electrons. The lowest BCUT2D eigenvalue weighted by molar-refractivity contribution is -0.141. The Hall–Kier alpha value is -1.38. The summed E-state index contributed by atoms with van der Waals surface area (Å²) in [7, 11) is 0. The maximum absolute atomic E-state index is 12.0. The average Bonchev–Trinajstić information content (AvgIpc) is 2.15. The zero-order chi connectivity index (χ0) is 13.3. The molecule has 1 aromatic rings. The summed E-state index contributed by atoms with van der Waals surface area (Å²) in [5.41, 5.74) is -1.33. The summed E-state index contributed by atoms with van der Waals surface area (Å²) < 4.78 is 71.8. The van der Waals surface area contributed by atoms with Gasteiger partial charge in [-0.3, -0.25) is 0 Å². The van der Waals surface area contributed by atoms with Gasteiger partial charge in [-0.2, -0.15) is 26.3 Å². The molecule has 0 unspecified atom stereocenters. The number of halogens is 7. The fraction of sp³-hybridized carbons (Fsp3) is 0.286. The molecular formula is C7H2ClF6N3. The van der Waals surface area contributed by atoms with Crippen LogP contribution in [0.5, 0.6) is 0 Å². The van der Waals surface area contributed by atoms with Crippen molar-refractivity contribution < 1.29 is 26.3 Å². The molecule has 0 atom stereocenters. The van der Waals surface area contributed by atoms with Gasteiger partial charge >= 0.3 is 12.4 Å². The SMILES string of the molecule is FC(F)(F)C(Cl)=Nc1cnc(C(F)(F)F)cn1. The lowest BCUT2D eigenvalue weighted by atomic mass is 10.4. The molecule has 0 fully saturated rings. The molecule has 0 aliphatic rings. The summed E-state index contributed by atoms with van der Waals surface area (Å²) in [5, 5.41) is -1.74. The maximum atomic E-state index is 12.0. The zero-order valence-electron chi connectivity index (χ0n) is 7.64. The molecule has 0 spiro atoms. The quantitative estimate of drug-likeness (QED) is 0.583. The van der Waals surface area contributed by atoms with Gasteiger partial charge in [0, 0.05) is 0 Å². The Kier molecular flexibility index (Phi) is 3.60. The van der Waals surface area contributed by atoms with E-state index in [1.807, 2.05) is 0 Å². The summed E-state index contributed by atoms with van der Waals surface area (Å²) in [6.45, 7) is 0. The summed E-state index contributed by atoms with van der Waals surface area (Å²) >= 11 is 4.76. The predicted molar refractivity (Wildman–Crippen MR) is 46.0 cm³/mol. The molecule has 17 heavy (non-hydrogen) atoms. The third-order valence-corrected chi connectivity index (χ3v) is 1.67. The van der Waals surface area contributed by atoms with E-state index in [4.69, 9.17) is 11.6 Å². The first-order chi connectivity index (χ1) is 7.60. The molecule has 0 aliphatic heterocycles. The molecule has 0 N–H and O–H groups in total. The minimum absolute atomic E-state index is 0.263. The van der Waals surface area contributed by atoms with Gasteiger partial charge in [-0.1, -0.05) is 11.6 Å². The molecule has 0 saturated carbocycles. The normalized spacial score (nSPS) is 13.9. The van der Waals surface area contributed by atoms with Crippen molar-refractivity contribution in [2.24, 2.45) is 4.99 Å². The van der Waals surface area contributed by atoms with Crippen molar-refractivity contribution in [2.75, 3.05) is 0 Å². The van der Waals surface area contributed by atoms with Crippen LogP contribution in [0.3, 0.4) is 0 Å². The van der Waals surface area contributed by atoms with Crippen molar-refractivity contribution in [1.82, 2.24) is 9.97 Å². The Morgan fingerprint density at radius 1 is 1.06 bits per heavy atom. The fourth-order valence-corrected chi connectivity index (χ4v) is 0.776. The number of aromatic nitrogens is 2. The van der Waals surface area contributed by atoms with E-state index in [9.17, 15) is 26.3 Å². The Morgan fingerprint density at radius 3 is 2.00 bits per heavy atom. The molecule has 1 heterocycles. The van der Waals surface area contributed by atoms with Crippen molar-refractivity contribution >= 4 is 22.6 Å². The second-order valence-corrected chi connectivity index (χ2v) is 3.02. The Labute approximate surface area is 95.2 Å². The van der Waals surface area contributed by atoms with Gasteiger partial charge in [0.05, 0.1) is 12.4 Å². The molecule has 1 aromatic heterocycles. The second-order valence-electron chi connectivity index (χ2n) is 2.66. The lowest BCUT2D eigenvalue weighted by Crippen LogP contribution is -2.16. The summed E-state index contributed by atoms with van der Waals surface area (Å²) in [5.74, 6) is -0.666. The number of aliphatic imine (C=N–C) groups is 1. The Bertz CT molecular complexity index is 421. The van der Waals surface area contributed by atoms with Crippen LogP contribution >= 0.6 is 11.6 Å². The van der Waals surface area contributed by atoms with Gasteiger partial charge in [0.1, 0.15) is 0 Å². The van der Waals surface area contributed by atoms with E-state index in [2.05, 4.69) is 15.0 Å². The summed E-state index contributed by atoms with van der Waals surface area (Å²) in [6, 6.07) is 0. The largest absolute Gasteiger partial charge is 0.444 e. The molecule has 94 valence electrons. The van der Waals surface area contributed by atoms with Crippen molar-refractivity contribution in [3.63, 3.8) is 0 Å². The number of rotatable bonds is 1. The van der Waals surface area contributed by atoms with Gasteiger partial charge in [-0.15, -0.1) is 0 Å². The highest BCUT2D eigenvalue weighted by Crippen LogP contribution is 2.28. The molecule has 0 bridgehead atoms. The fourth-order valence-electron chi connectivity index (χ4n) is 0.689. The monoisotopic (exact) mass is 277 g/mol. The first kappa shape index (κ1) is 13.7. The van der Waals surface area contributed by atoms with Crippen LogP contribution in [0.4, 0.5) is 32.2 Å². The van der Waals surface area contributed by atoms with Crippen molar-refractivity contribution in [2.45, 2.75) is 12.4 Å². The third kappa shape index (κ3) is 3.84. The van der Waals surface area contributed by atoms with Gasteiger partial charge in [0.15, 0.2) is 11.5 Å². The van der Waals surface area contributed by atoms with E-state index >= 15 is 0 Å². The maximum Gasteiger partial charge on any atom is 0.444 e. The number of hydrogen-bond donors (Lipinski definition) is 0. The van der Waals surface area contributed by atoms with Crippen LogP contribution in [0.1, 0.15) is 5.69 Å². The van der Waals surface area contributed by atoms with Crippen LogP contribution in [0.15, 0.2) is 17.4 Å². The van der Waals surface area contributed by atoms with E-state index in [0.29, 0.717) is 6.20 Å². The van der Waals surface area contributed by atoms with Crippen LogP contribution in [0.2, 0.25) is 0 Å². The number of hydrogen-bond acceptors (Lipinski definition) is 3. The van der Waals surface area contributed by atoms with E-state index < -0.39 is 29.0 Å². The van der Waals surface area contributed by atoms with Gasteiger partial charge in [0.2, 0.25) is 5.17 Å². The smallest absolute Gasteiger partial charge is 0.246 e. The van der Waals surface area contributed by atoms with Gasteiger partial charge in [-0.05, 0) is 0 Å². The molecule has 10 heteroatoms. The first-order valence-corrected chi connectivity index (χ1v) is 4.19. The Morgan fingerprint density at radius 2 is 1.65 bits per heavy atom. The van der Waals surface area contributed by atoms with Crippen LogP contribution in [-0.2, 0) is 6.18 Å². The standard InChI is InChI=1S/C7H2ClF6N3/c8-5(7(12,13)14)17-4-2-15-3(1-16-4)6(9,10)11/h1-2H. The molecule has 1 rings (SSSR count). The molecular weight excluding hydrogens is 276 g/mol. The highest BCUT2D eigenvalue weighted by molar-refractivity contribution is 6.67. The zero-order valence-corrected chi connectivity index (χ0v) is 8.40. The second kappa shape index (κ2) is 4.47. The van der Waals surface area contributed by atoms with Gasteiger partial charge < -0.3 is 0 Å². The topological polar surface area (TPSA) is 38.1 Å². The molecule has 0 aliphatic carbocycles. The summed E-state index contributed by atoms with van der Waals surface area (Å²) in [6.07, 6.45) is -8.90. The third-order valence-electron chi connectivity index (χ3n) is 1.38. The average molecular weight is 278 g/mol.